The molecule has 5 nitrogen and oxygen atoms in total. The topological polar surface area (TPSA) is 61.4 Å². The number of carbonyl (C=O) groups excluding carboxylic acids is 2. The molecule has 1 unspecified atom stereocenters. The second-order valence-electron chi connectivity index (χ2n) is 7.89. The van der Waals surface area contributed by atoms with Crippen molar-refractivity contribution in [3.63, 3.8) is 0 Å². The molecule has 0 bridgehead atoms. The lowest BCUT2D eigenvalue weighted by atomic mass is 9.96. The minimum Gasteiger partial charge on any atom is -0.355 e. The molecule has 1 rings (SSSR count). The molecule has 5 heteroatoms. The largest absolute Gasteiger partial charge is 0.355 e. The molecule has 0 saturated carbocycles. The van der Waals surface area contributed by atoms with Crippen LogP contribution in [0.2, 0.25) is 0 Å². The second kappa shape index (κ2) is 9.82. The number of amides is 2. The minimum absolute atomic E-state index is 0.0730. The molecule has 0 aliphatic carbocycles. The van der Waals surface area contributed by atoms with Crippen molar-refractivity contribution in [2.75, 3.05) is 26.2 Å². The van der Waals surface area contributed by atoms with E-state index >= 15 is 0 Å². The molecule has 0 aromatic heterocycles. The van der Waals surface area contributed by atoms with E-state index in [-0.39, 0.29) is 23.3 Å². The van der Waals surface area contributed by atoms with Gasteiger partial charge in [0, 0.05) is 12.1 Å². The molecule has 0 radical (unpaired) electrons. The van der Waals surface area contributed by atoms with Crippen LogP contribution in [0.3, 0.4) is 0 Å². The van der Waals surface area contributed by atoms with Gasteiger partial charge in [-0.3, -0.25) is 14.5 Å². The summed E-state index contributed by atoms with van der Waals surface area (Å²) in [6, 6.07) is 0. The predicted octanol–water partition coefficient (Wildman–Crippen LogP) is 2.33. The number of likely N-dealkylation sites (tertiary alicyclic amines) is 1. The Kier molecular flexibility index (Phi) is 8.46. The van der Waals surface area contributed by atoms with Crippen molar-refractivity contribution < 1.29 is 9.59 Å². The first-order valence-electron chi connectivity index (χ1n) is 9.18. The molecule has 0 spiro atoms. The van der Waals surface area contributed by atoms with E-state index in [0.717, 1.165) is 45.3 Å². The van der Waals surface area contributed by atoms with Gasteiger partial charge in [-0.1, -0.05) is 19.4 Å². The summed E-state index contributed by atoms with van der Waals surface area (Å²) < 4.78 is 0. The van der Waals surface area contributed by atoms with Gasteiger partial charge in [0.1, 0.15) is 0 Å². The van der Waals surface area contributed by atoms with Crippen molar-refractivity contribution in [1.82, 2.24) is 15.5 Å². The molecule has 1 fully saturated rings. The Morgan fingerprint density at radius 1 is 1.29 bits per heavy atom. The highest BCUT2D eigenvalue weighted by molar-refractivity contribution is 5.80. The van der Waals surface area contributed by atoms with E-state index in [4.69, 9.17) is 0 Å². The molecular formula is C19H35N3O2. The Morgan fingerprint density at radius 2 is 1.92 bits per heavy atom. The van der Waals surface area contributed by atoms with Gasteiger partial charge in [-0.25, -0.2) is 0 Å². The summed E-state index contributed by atoms with van der Waals surface area (Å²) in [5.74, 6) is 0.612. The van der Waals surface area contributed by atoms with E-state index in [0.29, 0.717) is 12.5 Å². The first-order chi connectivity index (χ1) is 11.2. The Labute approximate surface area is 147 Å². The summed E-state index contributed by atoms with van der Waals surface area (Å²) in [7, 11) is 0. The van der Waals surface area contributed by atoms with Gasteiger partial charge in [-0.15, -0.1) is 6.58 Å². The van der Waals surface area contributed by atoms with Gasteiger partial charge in [-0.05, 0) is 59.0 Å². The Morgan fingerprint density at radius 3 is 2.42 bits per heavy atom. The Hall–Kier alpha value is -1.36. The highest BCUT2D eigenvalue weighted by Crippen LogP contribution is 2.17. The molecule has 2 N–H and O–H groups in total. The average Bonchev–Trinajstić information content (AvgIpc) is 2.49. The monoisotopic (exact) mass is 337 g/mol. The highest BCUT2D eigenvalue weighted by Gasteiger charge is 2.23. The van der Waals surface area contributed by atoms with Gasteiger partial charge in [0.15, 0.2) is 0 Å². The Balaban J connectivity index is 2.27. The summed E-state index contributed by atoms with van der Waals surface area (Å²) in [6.07, 6.45) is 5.64. The van der Waals surface area contributed by atoms with Crippen molar-refractivity contribution >= 4 is 11.8 Å². The lowest BCUT2D eigenvalue weighted by Crippen LogP contribution is -2.48. The van der Waals surface area contributed by atoms with Crippen LogP contribution in [0.15, 0.2) is 12.7 Å². The zero-order valence-electron chi connectivity index (χ0n) is 15.9. The zero-order valence-corrected chi connectivity index (χ0v) is 15.9. The molecule has 1 atom stereocenters. The van der Waals surface area contributed by atoms with E-state index in [2.05, 4.69) is 29.0 Å². The summed E-state index contributed by atoms with van der Waals surface area (Å²) in [4.78, 5) is 26.3. The number of piperidine rings is 1. The van der Waals surface area contributed by atoms with Crippen LogP contribution in [-0.2, 0) is 9.59 Å². The molecule has 24 heavy (non-hydrogen) atoms. The second-order valence-corrected chi connectivity index (χ2v) is 7.89. The van der Waals surface area contributed by atoms with Crippen LogP contribution in [0.25, 0.3) is 0 Å². The first-order valence-corrected chi connectivity index (χ1v) is 9.18. The highest BCUT2D eigenvalue weighted by atomic mass is 16.2. The van der Waals surface area contributed by atoms with Gasteiger partial charge in [0.2, 0.25) is 11.8 Å². The van der Waals surface area contributed by atoms with Crippen LogP contribution >= 0.6 is 0 Å². The van der Waals surface area contributed by atoms with Gasteiger partial charge in [0.05, 0.1) is 12.5 Å². The molecule has 138 valence electrons. The maximum atomic E-state index is 12.1. The van der Waals surface area contributed by atoms with Crippen molar-refractivity contribution in [2.24, 2.45) is 11.8 Å². The van der Waals surface area contributed by atoms with Crippen molar-refractivity contribution in [3.8, 4) is 0 Å². The summed E-state index contributed by atoms with van der Waals surface area (Å²) in [6.45, 7) is 14.8. The van der Waals surface area contributed by atoms with Gasteiger partial charge in [0.25, 0.3) is 0 Å². The SMILES string of the molecule is C=CC(CCC)C(=O)NCC1CCN(CC(=O)NC(C)(C)C)CC1. The molecule has 1 aliphatic heterocycles. The predicted molar refractivity (Wildman–Crippen MR) is 98.7 cm³/mol. The average molecular weight is 338 g/mol. The Bertz CT molecular complexity index is 421. The minimum atomic E-state index is -0.181. The molecule has 1 aliphatic rings. The van der Waals surface area contributed by atoms with Crippen LogP contribution in [0, 0.1) is 11.8 Å². The van der Waals surface area contributed by atoms with Crippen LogP contribution < -0.4 is 10.6 Å². The fraction of sp³-hybridized carbons (Fsp3) is 0.789. The molecule has 0 aromatic carbocycles. The van der Waals surface area contributed by atoms with Gasteiger partial charge in [-0.2, -0.15) is 0 Å². The molecular weight excluding hydrogens is 302 g/mol. The number of hydrogen-bond acceptors (Lipinski definition) is 3. The number of carbonyl (C=O) groups is 2. The van der Waals surface area contributed by atoms with Crippen molar-refractivity contribution in [3.05, 3.63) is 12.7 Å². The van der Waals surface area contributed by atoms with E-state index < -0.39 is 0 Å². The maximum absolute atomic E-state index is 12.1. The third kappa shape index (κ3) is 7.95. The number of nitrogens with zero attached hydrogens (tertiary/aromatic N) is 1. The van der Waals surface area contributed by atoms with Gasteiger partial charge >= 0.3 is 0 Å². The lowest BCUT2D eigenvalue weighted by Gasteiger charge is -2.32. The summed E-state index contributed by atoms with van der Waals surface area (Å²) in [5, 5.41) is 6.07. The molecule has 2 amide bonds. The van der Waals surface area contributed by atoms with Crippen LogP contribution in [0.5, 0.6) is 0 Å². The van der Waals surface area contributed by atoms with E-state index in [9.17, 15) is 9.59 Å². The quantitative estimate of drug-likeness (QED) is 0.668. The molecule has 0 aromatic rings. The van der Waals surface area contributed by atoms with Crippen LogP contribution in [-0.4, -0.2) is 48.4 Å². The number of rotatable bonds is 8. The standard InChI is InChI=1S/C19H35N3O2/c1-6-8-16(7-2)18(24)20-13-15-9-11-22(12-10-15)14-17(23)21-19(3,4)5/h7,15-16H,2,6,8-14H2,1,3-5H3,(H,20,24)(H,21,23). The third-order valence-electron chi connectivity index (χ3n) is 4.37. The number of hydrogen-bond donors (Lipinski definition) is 2. The normalized spacial score (nSPS) is 18.0. The lowest BCUT2D eigenvalue weighted by molar-refractivity contribution is -0.124. The van der Waals surface area contributed by atoms with E-state index in [1.165, 1.54) is 0 Å². The number of nitrogens with one attached hydrogen (secondary N) is 2. The summed E-state index contributed by atoms with van der Waals surface area (Å²) in [5.41, 5.74) is -0.181. The first kappa shape index (κ1) is 20.7. The van der Waals surface area contributed by atoms with E-state index in [1.807, 2.05) is 20.8 Å². The smallest absolute Gasteiger partial charge is 0.234 e. The zero-order chi connectivity index (χ0) is 18.2. The van der Waals surface area contributed by atoms with Gasteiger partial charge < -0.3 is 10.6 Å². The molecule has 1 saturated heterocycles. The third-order valence-corrected chi connectivity index (χ3v) is 4.37. The van der Waals surface area contributed by atoms with E-state index in [1.54, 1.807) is 6.08 Å². The van der Waals surface area contributed by atoms with Crippen molar-refractivity contribution in [2.45, 2.75) is 58.9 Å². The molecule has 1 heterocycles. The maximum Gasteiger partial charge on any atom is 0.234 e. The van der Waals surface area contributed by atoms with Crippen molar-refractivity contribution in [1.29, 1.82) is 0 Å². The summed E-state index contributed by atoms with van der Waals surface area (Å²) >= 11 is 0. The fourth-order valence-corrected chi connectivity index (χ4v) is 3.05. The van der Waals surface area contributed by atoms with Crippen LogP contribution in [0.1, 0.15) is 53.4 Å². The van der Waals surface area contributed by atoms with Crippen LogP contribution in [0.4, 0.5) is 0 Å². The fourth-order valence-electron chi connectivity index (χ4n) is 3.05.